The molecule has 0 saturated carbocycles. The molecule has 4 unspecified atom stereocenters. The lowest BCUT2D eigenvalue weighted by Crippen LogP contribution is -2.49. The number of hydrogen-bond donors (Lipinski definition) is 2. The molecule has 4 heteroatoms. The quantitative estimate of drug-likeness (QED) is 0.755. The molecule has 3 saturated heterocycles. The van der Waals surface area contributed by atoms with E-state index in [0.717, 1.165) is 50.9 Å². The number of fused-ring (bicyclic) bond motifs is 1. The van der Waals surface area contributed by atoms with Gasteiger partial charge in [-0.3, -0.25) is 9.69 Å². The molecule has 0 aromatic carbocycles. The molecule has 0 aliphatic carbocycles. The Labute approximate surface area is 109 Å². The molecule has 3 aliphatic rings. The summed E-state index contributed by atoms with van der Waals surface area (Å²) in [5, 5.41) is 6.59. The van der Waals surface area contributed by atoms with Crippen molar-refractivity contribution >= 4 is 5.91 Å². The van der Waals surface area contributed by atoms with Gasteiger partial charge < -0.3 is 10.6 Å². The van der Waals surface area contributed by atoms with Gasteiger partial charge in [-0.05, 0) is 50.6 Å². The normalized spacial score (nSPS) is 41.5. The first-order chi connectivity index (χ1) is 8.81. The monoisotopic (exact) mass is 251 g/mol. The van der Waals surface area contributed by atoms with Gasteiger partial charge in [-0.15, -0.1) is 0 Å². The maximum atomic E-state index is 12.2. The van der Waals surface area contributed by atoms with Gasteiger partial charge in [-0.25, -0.2) is 0 Å². The van der Waals surface area contributed by atoms with Crippen LogP contribution in [0, 0.1) is 11.8 Å². The second kappa shape index (κ2) is 5.17. The fraction of sp³-hybridized carbons (Fsp3) is 0.929. The van der Waals surface area contributed by atoms with E-state index in [0.29, 0.717) is 6.04 Å². The number of hydrogen-bond acceptors (Lipinski definition) is 3. The van der Waals surface area contributed by atoms with Crippen LogP contribution in [0.25, 0.3) is 0 Å². The van der Waals surface area contributed by atoms with Gasteiger partial charge >= 0.3 is 0 Å². The van der Waals surface area contributed by atoms with Crippen molar-refractivity contribution < 1.29 is 4.79 Å². The maximum absolute atomic E-state index is 12.2. The third-order valence-electron chi connectivity index (χ3n) is 5.08. The van der Waals surface area contributed by atoms with E-state index in [2.05, 4.69) is 22.5 Å². The van der Waals surface area contributed by atoms with E-state index < -0.39 is 0 Å². The van der Waals surface area contributed by atoms with E-state index in [1.54, 1.807) is 0 Å². The SMILES string of the molecule is CCC1C2CNCC2CN1C1CCCCNC1=O. The van der Waals surface area contributed by atoms with Crippen LogP contribution >= 0.6 is 0 Å². The highest BCUT2D eigenvalue weighted by Gasteiger charge is 2.46. The minimum Gasteiger partial charge on any atom is -0.355 e. The summed E-state index contributed by atoms with van der Waals surface area (Å²) in [6.07, 6.45) is 4.55. The molecule has 2 N–H and O–H groups in total. The third-order valence-corrected chi connectivity index (χ3v) is 5.08. The lowest BCUT2D eigenvalue weighted by Gasteiger charge is -2.32. The Kier molecular flexibility index (Phi) is 3.57. The van der Waals surface area contributed by atoms with Gasteiger partial charge in [0.1, 0.15) is 0 Å². The molecular weight excluding hydrogens is 226 g/mol. The van der Waals surface area contributed by atoms with Crippen LogP contribution in [0.15, 0.2) is 0 Å². The van der Waals surface area contributed by atoms with E-state index >= 15 is 0 Å². The maximum Gasteiger partial charge on any atom is 0.237 e. The van der Waals surface area contributed by atoms with Gasteiger partial charge in [-0.1, -0.05) is 6.92 Å². The largest absolute Gasteiger partial charge is 0.355 e. The average Bonchev–Trinajstić information content (AvgIpc) is 2.86. The average molecular weight is 251 g/mol. The molecule has 0 bridgehead atoms. The lowest BCUT2D eigenvalue weighted by molar-refractivity contribution is -0.126. The molecule has 3 rings (SSSR count). The topological polar surface area (TPSA) is 44.4 Å². The zero-order valence-electron chi connectivity index (χ0n) is 11.3. The molecule has 4 atom stereocenters. The summed E-state index contributed by atoms with van der Waals surface area (Å²) in [6.45, 7) is 6.55. The Bertz CT molecular complexity index is 320. The van der Waals surface area contributed by atoms with E-state index in [4.69, 9.17) is 0 Å². The number of carbonyl (C=O) groups is 1. The molecule has 3 fully saturated rings. The first-order valence-electron chi connectivity index (χ1n) is 7.55. The van der Waals surface area contributed by atoms with Crippen molar-refractivity contribution in [1.29, 1.82) is 0 Å². The standard InChI is InChI=1S/C14H25N3O/c1-2-12-11-8-15-7-10(11)9-17(12)13-5-3-4-6-16-14(13)18/h10-13,15H,2-9H2,1H3,(H,16,18). The van der Waals surface area contributed by atoms with Crippen molar-refractivity contribution in [2.75, 3.05) is 26.2 Å². The fourth-order valence-electron chi connectivity index (χ4n) is 4.19. The summed E-state index contributed by atoms with van der Waals surface area (Å²) in [4.78, 5) is 14.7. The molecule has 102 valence electrons. The van der Waals surface area contributed by atoms with Gasteiger partial charge in [-0.2, -0.15) is 0 Å². The second-order valence-corrected chi connectivity index (χ2v) is 6.06. The lowest BCUT2D eigenvalue weighted by atomic mass is 9.92. The first kappa shape index (κ1) is 12.4. The van der Waals surface area contributed by atoms with E-state index in [9.17, 15) is 4.79 Å². The Morgan fingerprint density at radius 2 is 2.22 bits per heavy atom. The Hall–Kier alpha value is -0.610. The molecule has 0 spiro atoms. The molecule has 18 heavy (non-hydrogen) atoms. The summed E-state index contributed by atoms with van der Waals surface area (Å²) < 4.78 is 0. The summed E-state index contributed by atoms with van der Waals surface area (Å²) >= 11 is 0. The summed E-state index contributed by atoms with van der Waals surface area (Å²) in [6, 6.07) is 0.752. The summed E-state index contributed by atoms with van der Waals surface area (Å²) in [7, 11) is 0. The third kappa shape index (κ3) is 2.05. The molecule has 0 radical (unpaired) electrons. The molecule has 0 aromatic heterocycles. The minimum absolute atomic E-state index is 0.142. The van der Waals surface area contributed by atoms with Crippen molar-refractivity contribution in [3.05, 3.63) is 0 Å². The molecule has 3 aliphatic heterocycles. The highest BCUT2D eigenvalue weighted by molar-refractivity contribution is 5.82. The Balaban J connectivity index is 1.76. The number of nitrogens with one attached hydrogen (secondary N) is 2. The van der Waals surface area contributed by atoms with E-state index in [1.807, 2.05) is 0 Å². The van der Waals surface area contributed by atoms with Gasteiger partial charge in [0.15, 0.2) is 0 Å². The number of likely N-dealkylation sites (tertiary alicyclic amines) is 1. The van der Waals surface area contributed by atoms with Crippen LogP contribution in [0.3, 0.4) is 0 Å². The van der Waals surface area contributed by atoms with Crippen LogP contribution in [-0.4, -0.2) is 49.1 Å². The minimum atomic E-state index is 0.142. The molecule has 0 aromatic rings. The van der Waals surface area contributed by atoms with Crippen LogP contribution < -0.4 is 10.6 Å². The van der Waals surface area contributed by atoms with Crippen molar-refractivity contribution in [3.63, 3.8) is 0 Å². The zero-order chi connectivity index (χ0) is 12.5. The fourth-order valence-corrected chi connectivity index (χ4v) is 4.19. The number of amides is 1. The van der Waals surface area contributed by atoms with Crippen molar-refractivity contribution in [2.45, 2.75) is 44.7 Å². The van der Waals surface area contributed by atoms with Crippen LogP contribution in [0.1, 0.15) is 32.6 Å². The molecule has 1 amide bonds. The van der Waals surface area contributed by atoms with E-state index in [1.165, 1.54) is 12.8 Å². The number of carbonyl (C=O) groups excluding carboxylic acids is 1. The Morgan fingerprint density at radius 1 is 1.33 bits per heavy atom. The van der Waals surface area contributed by atoms with Crippen molar-refractivity contribution in [3.8, 4) is 0 Å². The van der Waals surface area contributed by atoms with Crippen molar-refractivity contribution in [1.82, 2.24) is 15.5 Å². The van der Waals surface area contributed by atoms with Crippen LogP contribution in [0.4, 0.5) is 0 Å². The van der Waals surface area contributed by atoms with Crippen molar-refractivity contribution in [2.24, 2.45) is 11.8 Å². The number of nitrogens with zero attached hydrogens (tertiary/aromatic N) is 1. The van der Waals surface area contributed by atoms with Crippen LogP contribution in [0.5, 0.6) is 0 Å². The van der Waals surface area contributed by atoms with Gasteiger partial charge in [0.25, 0.3) is 0 Å². The first-order valence-corrected chi connectivity index (χ1v) is 7.55. The van der Waals surface area contributed by atoms with Crippen LogP contribution in [0.2, 0.25) is 0 Å². The van der Waals surface area contributed by atoms with Crippen LogP contribution in [-0.2, 0) is 4.79 Å². The zero-order valence-corrected chi connectivity index (χ0v) is 11.3. The predicted octanol–water partition coefficient (Wildman–Crippen LogP) is 0.585. The predicted molar refractivity (Wildman–Crippen MR) is 71.3 cm³/mol. The number of rotatable bonds is 2. The van der Waals surface area contributed by atoms with Gasteiger partial charge in [0, 0.05) is 19.1 Å². The molecular formula is C14H25N3O. The summed E-state index contributed by atoms with van der Waals surface area (Å²) in [5.74, 6) is 1.82. The second-order valence-electron chi connectivity index (χ2n) is 6.06. The highest BCUT2D eigenvalue weighted by Crippen LogP contribution is 2.36. The van der Waals surface area contributed by atoms with Gasteiger partial charge in [0.05, 0.1) is 6.04 Å². The Morgan fingerprint density at radius 3 is 3.06 bits per heavy atom. The molecule has 3 heterocycles. The van der Waals surface area contributed by atoms with E-state index in [-0.39, 0.29) is 11.9 Å². The van der Waals surface area contributed by atoms with Gasteiger partial charge in [0.2, 0.25) is 5.91 Å². The summed E-state index contributed by atoms with van der Waals surface area (Å²) in [5.41, 5.74) is 0. The smallest absolute Gasteiger partial charge is 0.237 e. The molecule has 4 nitrogen and oxygen atoms in total. The highest BCUT2D eigenvalue weighted by atomic mass is 16.2.